The van der Waals surface area contributed by atoms with E-state index < -0.39 is 0 Å². The number of aryl methyl sites for hydroxylation is 1. The quantitative estimate of drug-likeness (QED) is 0.377. The first-order valence-corrected chi connectivity index (χ1v) is 7.14. The first-order valence-electron chi connectivity index (χ1n) is 7.14. The lowest BCUT2D eigenvalue weighted by Crippen LogP contribution is -2.03. The van der Waals surface area contributed by atoms with E-state index in [9.17, 15) is 0 Å². The van der Waals surface area contributed by atoms with Crippen LogP contribution in [0.4, 0.5) is 0 Å². The van der Waals surface area contributed by atoms with Crippen LogP contribution in [0.5, 0.6) is 11.5 Å². The summed E-state index contributed by atoms with van der Waals surface area (Å²) in [5, 5.41) is 2.54. The molecular weight excluding hydrogens is 258 g/mol. The van der Waals surface area contributed by atoms with Gasteiger partial charge in [-0.25, -0.2) is 0 Å². The van der Waals surface area contributed by atoms with Gasteiger partial charge in [-0.3, -0.25) is 0 Å². The number of benzene rings is 3. The summed E-state index contributed by atoms with van der Waals surface area (Å²) in [5.74, 6) is 1.84. The molecule has 0 radical (unpaired) electrons. The highest BCUT2D eigenvalue weighted by Crippen LogP contribution is 2.44. The molecule has 0 atom stereocenters. The average molecular weight is 271 g/mol. The van der Waals surface area contributed by atoms with Gasteiger partial charge >= 0.3 is 0 Å². The van der Waals surface area contributed by atoms with E-state index in [4.69, 9.17) is 4.74 Å². The third-order valence-corrected chi connectivity index (χ3v) is 4.23. The number of nitrogens with zero attached hydrogens (tertiary/aromatic N) is 1. The van der Waals surface area contributed by atoms with Crippen LogP contribution in [-0.4, -0.2) is 4.57 Å². The highest BCUT2D eigenvalue weighted by atomic mass is 16.5. The van der Waals surface area contributed by atoms with Crippen molar-refractivity contribution < 1.29 is 4.74 Å². The van der Waals surface area contributed by atoms with Crippen molar-refractivity contribution in [2.75, 3.05) is 0 Å². The number of hydrogen-bond acceptors (Lipinski definition) is 1. The molecule has 2 nitrogen and oxygen atoms in total. The van der Waals surface area contributed by atoms with Gasteiger partial charge in [-0.1, -0.05) is 35.9 Å². The number of para-hydroxylation sites is 3. The minimum absolute atomic E-state index is 0.913. The molecule has 1 aliphatic rings. The molecule has 2 heterocycles. The first-order chi connectivity index (χ1) is 10.3. The van der Waals surface area contributed by atoms with Gasteiger partial charge in [0.05, 0.1) is 16.7 Å². The summed E-state index contributed by atoms with van der Waals surface area (Å²) in [5.41, 5.74) is 4.79. The first kappa shape index (κ1) is 11.0. The zero-order valence-electron chi connectivity index (χ0n) is 11.6. The van der Waals surface area contributed by atoms with Crippen LogP contribution in [-0.2, 0) is 0 Å². The van der Waals surface area contributed by atoms with E-state index in [1.165, 1.54) is 21.9 Å². The van der Waals surface area contributed by atoms with Gasteiger partial charge in [-0.15, -0.1) is 0 Å². The molecule has 100 valence electrons. The smallest absolute Gasteiger partial charge is 0.152 e. The van der Waals surface area contributed by atoms with Crippen molar-refractivity contribution in [2.45, 2.75) is 6.92 Å². The maximum atomic E-state index is 6.09. The van der Waals surface area contributed by atoms with E-state index >= 15 is 0 Å². The Morgan fingerprint density at radius 1 is 0.810 bits per heavy atom. The number of aromatic nitrogens is 1. The van der Waals surface area contributed by atoms with Crippen LogP contribution in [0, 0.1) is 6.92 Å². The van der Waals surface area contributed by atoms with Gasteiger partial charge in [-0.05, 0) is 37.3 Å². The van der Waals surface area contributed by atoms with Crippen LogP contribution in [0.2, 0.25) is 0 Å². The molecule has 0 amide bonds. The third kappa shape index (κ3) is 1.32. The summed E-state index contributed by atoms with van der Waals surface area (Å²) in [6, 6.07) is 21.1. The molecule has 0 fully saturated rings. The van der Waals surface area contributed by atoms with Crippen molar-refractivity contribution in [3.8, 4) is 17.2 Å². The molecule has 0 unspecified atom stereocenters. The Morgan fingerprint density at radius 3 is 2.62 bits per heavy atom. The molecule has 0 bridgehead atoms. The van der Waals surface area contributed by atoms with Crippen molar-refractivity contribution in [3.63, 3.8) is 0 Å². The van der Waals surface area contributed by atoms with Crippen molar-refractivity contribution in [2.24, 2.45) is 0 Å². The standard InChI is InChI=1S/C19H13NO/c1-12-9-10-15-14(11-12)13-5-4-8-18-19(13)20(15)16-6-2-3-7-17(16)21-18/h2-11H,1H3. The van der Waals surface area contributed by atoms with E-state index in [0.29, 0.717) is 0 Å². The van der Waals surface area contributed by atoms with Crippen molar-refractivity contribution in [1.82, 2.24) is 4.57 Å². The number of fused-ring (bicyclic) bond motifs is 5. The highest BCUT2D eigenvalue weighted by Gasteiger charge is 2.22. The Balaban J connectivity index is 2.10. The molecule has 2 heteroatoms. The monoisotopic (exact) mass is 271 g/mol. The lowest BCUT2D eigenvalue weighted by atomic mass is 10.1. The van der Waals surface area contributed by atoms with E-state index in [1.54, 1.807) is 0 Å². The second-order valence-electron chi connectivity index (χ2n) is 5.58. The zero-order chi connectivity index (χ0) is 14.0. The Morgan fingerprint density at radius 2 is 1.67 bits per heavy atom. The number of ether oxygens (including phenoxy) is 1. The fourth-order valence-corrected chi connectivity index (χ4v) is 3.33. The molecule has 1 aliphatic heterocycles. The van der Waals surface area contributed by atoms with Gasteiger partial charge in [0.25, 0.3) is 0 Å². The molecule has 0 aliphatic carbocycles. The summed E-state index contributed by atoms with van der Waals surface area (Å²) in [4.78, 5) is 0. The molecular formula is C19H13NO. The van der Waals surface area contributed by atoms with Gasteiger partial charge < -0.3 is 9.30 Å². The predicted octanol–water partition coefficient (Wildman–Crippen LogP) is 5.20. The van der Waals surface area contributed by atoms with Crippen LogP contribution in [0.15, 0.2) is 60.7 Å². The maximum Gasteiger partial charge on any atom is 0.152 e. The summed E-state index contributed by atoms with van der Waals surface area (Å²) < 4.78 is 8.41. The second-order valence-corrected chi connectivity index (χ2v) is 5.58. The summed E-state index contributed by atoms with van der Waals surface area (Å²) in [7, 11) is 0. The summed E-state index contributed by atoms with van der Waals surface area (Å²) >= 11 is 0. The highest BCUT2D eigenvalue weighted by molar-refractivity contribution is 6.12. The van der Waals surface area contributed by atoms with Crippen LogP contribution >= 0.6 is 0 Å². The summed E-state index contributed by atoms with van der Waals surface area (Å²) in [6.45, 7) is 2.14. The molecule has 0 saturated carbocycles. The average Bonchev–Trinajstić information content (AvgIpc) is 2.84. The minimum Gasteiger partial charge on any atom is -0.453 e. The fourth-order valence-electron chi connectivity index (χ4n) is 3.33. The topological polar surface area (TPSA) is 14.2 Å². The van der Waals surface area contributed by atoms with Gasteiger partial charge in [0.15, 0.2) is 11.5 Å². The fraction of sp³-hybridized carbons (Fsp3) is 0.0526. The van der Waals surface area contributed by atoms with E-state index in [-0.39, 0.29) is 0 Å². The van der Waals surface area contributed by atoms with Crippen molar-refractivity contribution in [3.05, 3.63) is 66.2 Å². The Hall–Kier alpha value is -2.74. The Kier molecular flexibility index (Phi) is 1.92. The van der Waals surface area contributed by atoms with Crippen molar-refractivity contribution in [1.29, 1.82) is 0 Å². The molecule has 4 aromatic rings. The van der Waals surface area contributed by atoms with Crippen LogP contribution in [0.1, 0.15) is 5.56 Å². The third-order valence-electron chi connectivity index (χ3n) is 4.23. The predicted molar refractivity (Wildman–Crippen MR) is 85.6 cm³/mol. The SMILES string of the molecule is Cc1ccc2c(c1)c1cccc3c1n2-c1ccccc1O3. The van der Waals surface area contributed by atoms with Crippen LogP contribution in [0.3, 0.4) is 0 Å². The maximum absolute atomic E-state index is 6.09. The van der Waals surface area contributed by atoms with E-state index in [0.717, 1.165) is 22.7 Å². The molecule has 1 aromatic heterocycles. The van der Waals surface area contributed by atoms with E-state index in [1.807, 2.05) is 18.2 Å². The van der Waals surface area contributed by atoms with Gasteiger partial charge in [0, 0.05) is 10.8 Å². The minimum atomic E-state index is 0.913. The normalized spacial score (nSPS) is 12.4. The molecule has 3 aromatic carbocycles. The van der Waals surface area contributed by atoms with Gasteiger partial charge in [-0.2, -0.15) is 0 Å². The Labute approximate surface area is 122 Å². The molecule has 0 N–H and O–H groups in total. The largest absolute Gasteiger partial charge is 0.453 e. The lowest BCUT2D eigenvalue weighted by molar-refractivity contribution is 0.476. The second kappa shape index (κ2) is 3.67. The lowest BCUT2D eigenvalue weighted by Gasteiger charge is -2.20. The number of hydrogen-bond donors (Lipinski definition) is 0. The van der Waals surface area contributed by atoms with Crippen molar-refractivity contribution >= 4 is 21.8 Å². The Bertz CT molecular complexity index is 1030. The van der Waals surface area contributed by atoms with Crippen LogP contribution < -0.4 is 4.74 Å². The van der Waals surface area contributed by atoms with Crippen LogP contribution in [0.25, 0.3) is 27.5 Å². The summed E-state index contributed by atoms with van der Waals surface area (Å²) in [6.07, 6.45) is 0. The zero-order valence-corrected chi connectivity index (χ0v) is 11.6. The van der Waals surface area contributed by atoms with Gasteiger partial charge in [0.2, 0.25) is 0 Å². The molecule has 5 rings (SSSR count). The van der Waals surface area contributed by atoms with E-state index in [2.05, 4.69) is 54.0 Å². The molecule has 21 heavy (non-hydrogen) atoms. The molecule has 0 spiro atoms. The molecule has 0 saturated heterocycles. The number of rotatable bonds is 0. The van der Waals surface area contributed by atoms with Gasteiger partial charge in [0.1, 0.15) is 0 Å².